The number of pyridine rings is 1. The molecule has 1 saturated heterocycles. The molecule has 0 aromatic carbocycles. The van der Waals surface area contributed by atoms with Gasteiger partial charge in [-0.2, -0.15) is 5.10 Å². The molecule has 0 saturated carbocycles. The van der Waals surface area contributed by atoms with Crippen molar-refractivity contribution in [1.29, 1.82) is 0 Å². The van der Waals surface area contributed by atoms with Gasteiger partial charge in [0.05, 0.1) is 5.69 Å². The molecular formula is C19H27Cl2N5O2. The molecule has 1 amide bonds. The summed E-state index contributed by atoms with van der Waals surface area (Å²) in [5.41, 5.74) is 4.22. The van der Waals surface area contributed by atoms with Gasteiger partial charge in [-0.3, -0.25) is 14.7 Å². The van der Waals surface area contributed by atoms with E-state index in [0.29, 0.717) is 31.3 Å². The number of rotatable bonds is 4. The Kier molecular flexibility index (Phi) is 7.31. The quantitative estimate of drug-likeness (QED) is 0.692. The zero-order chi connectivity index (χ0) is 18.3. The Hall–Kier alpha value is -1.83. The highest BCUT2D eigenvalue weighted by molar-refractivity contribution is 5.93. The van der Waals surface area contributed by atoms with Crippen molar-refractivity contribution in [3.8, 4) is 0 Å². The van der Waals surface area contributed by atoms with Crippen LogP contribution in [-0.4, -0.2) is 40.3 Å². The van der Waals surface area contributed by atoms with E-state index < -0.39 is 0 Å². The number of halogens is 2. The van der Waals surface area contributed by atoms with Crippen LogP contribution in [-0.2, 0) is 13.0 Å². The average molecular weight is 428 g/mol. The van der Waals surface area contributed by atoms with Gasteiger partial charge < -0.3 is 15.2 Å². The Labute approximate surface area is 176 Å². The molecule has 2 aliphatic rings. The first-order valence-electron chi connectivity index (χ1n) is 9.27. The number of aromatic amines is 1. The van der Waals surface area contributed by atoms with E-state index in [1.54, 1.807) is 6.07 Å². The highest BCUT2D eigenvalue weighted by Crippen LogP contribution is 2.31. The van der Waals surface area contributed by atoms with Crippen LogP contribution < -0.4 is 16.2 Å². The molecule has 154 valence electrons. The second kappa shape index (κ2) is 9.11. The minimum absolute atomic E-state index is 0. The lowest BCUT2D eigenvalue weighted by atomic mass is 9.84. The third-order valence-electron chi connectivity index (χ3n) is 5.69. The molecule has 7 nitrogen and oxygen atoms in total. The van der Waals surface area contributed by atoms with E-state index in [0.717, 1.165) is 42.2 Å². The fourth-order valence-corrected chi connectivity index (χ4v) is 4.30. The van der Waals surface area contributed by atoms with E-state index in [1.807, 2.05) is 24.5 Å². The van der Waals surface area contributed by atoms with Crippen LogP contribution in [0.2, 0.25) is 0 Å². The number of nitrogens with one attached hydrogen (secondary N) is 3. The van der Waals surface area contributed by atoms with E-state index in [2.05, 4.69) is 20.8 Å². The van der Waals surface area contributed by atoms with Gasteiger partial charge in [-0.15, -0.1) is 24.8 Å². The Morgan fingerprint density at radius 1 is 1.29 bits per heavy atom. The van der Waals surface area contributed by atoms with Gasteiger partial charge in [-0.05, 0) is 56.8 Å². The van der Waals surface area contributed by atoms with E-state index in [-0.39, 0.29) is 41.8 Å². The summed E-state index contributed by atoms with van der Waals surface area (Å²) in [6.45, 7) is 6.96. The van der Waals surface area contributed by atoms with Crippen LogP contribution in [0, 0.1) is 19.8 Å². The monoisotopic (exact) mass is 427 g/mol. The summed E-state index contributed by atoms with van der Waals surface area (Å²) in [5, 5.41) is 13.4. The normalized spacial score (nSPS) is 19.8. The topological polar surface area (TPSA) is 91.8 Å². The largest absolute Gasteiger partial charge is 0.352 e. The van der Waals surface area contributed by atoms with Gasteiger partial charge in [-0.25, -0.2) is 0 Å². The molecule has 2 aromatic heterocycles. The van der Waals surface area contributed by atoms with E-state index in [1.165, 1.54) is 0 Å². The fourth-order valence-electron chi connectivity index (χ4n) is 4.30. The number of amides is 1. The third-order valence-corrected chi connectivity index (χ3v) is 5.69. The van der Waals surface area contributed by atoms with Gasteiger partial charge in [0.25, 0.3) is 11.5 Å². The van der Waals surface area contributed by atoms with Crippen molar-refractivity contribution in [1.82, 2.24) is 25.4 Å². The SMILES string of the molecule is Cc1n[nH]c(C)c1CCNC(=O)c1ccc2n(c1=O)C[C@@H]1CNC[C@H]2C1.Cl.Cl. The van der Waals surface area contributed by atoms with Crippen LogP contribution in [0.15, 0.2) is 16.9 Å². The molecule has 28 heavy (non-hydrogen) atoms. The number of hydrogen-bond donors (Lipinski definition) is 3. The Morgan fingerprint density at radius 3 is 2.79 bits per heavy atom. The van der Waals surface area contributed by atoms with Crippen molar-refractivity contribution in [2.24, 2.45) is 5.92 Å². The molecule has 4 rings (SSSR count). The zero-order valence-electron chi connectivity index (χ0n) is 16.1. The molecule has 2 bridgehead atoms. The molecule has 4 heterocycles. The molecule has 0 aliphatic carbocycles. The molecule has 9 heteroatoms. The summed E-state index contributed by atoms with van der Waals surface area (Å²) >= 11 is 0. The number of piperidine rings is 1. The molecule has 3 N–H and O–H groups in total. The van der Waals surface area contributed by atoms with E-state index in [4.69, 9.17) is 0 Å². The Bertz CT molecular complexity index is 889. The summed E-state index contributed by atoms with van der Waals surface area (Å²) in [7, 11) is 0. The Balaban J connectivity index is 0.00000140. The first-order chi connectivity index (χ1) is 12.5. The first kappa shape index (κ1) is 22.5. The predicted molar refractivity (Wildman–Crippen MR) is 113 cm³/mol. The van der Waals surface area contributed by atoms with Gasteiger partial charge in [0.1, 0.15) is 5.56 Å². The molecule has 2 atom stereocenters. The van der Waals surface area contributed by atoms with Crippen molar-refractivity contribution in [2.45, 2.75) is 39.2 Å². The average Bonchev–Trinajstić information content (AvgIpc) is 2.95. The van der Waals surface area contributed by atoms with Gasteiger partial charge in [0.2, 0.25) is 0 Å². The second-order valence-corrected chi connectivity index (χ2v) is 7.46. The summed E-state index contributed by atoms with van der Waals surface area (Å²) in [6.07, 6.45) is 1.82. The third kappa shape index (κ3) is 4.11. The lowest BCUT2D eigenvalue weighted by Gasteiger charge is -2.37. The summed E-state index contributed by atoms with van der Waals surface area (Å²) < 4.78 is 1.82. The second-order valence-electron chi connectivity index (χ2n) is 7.46. The van der Waals surface area contributed by atoms with Crippen molar-refractivity contribution < 1.29 is 4.79 Å². The van der Waals surface area contributed by atoms with Gasteiger partial charge in [0.15, 0.2) is 0 Å². The number of H-pyrrole nitrogens is 1. The van der Waals surface area contributed by atoms with E-state index in [9.17, 15) is 9.59 Å². The number of nitrogens with zero attached hydrogens (tertiary/aromatic N) is 2. The first-order valence-corrected chi connectivity index (χ1v) is 9.27. The van der Waals surface area contributed by atoms with Gasteiger partial charge in [0, 0.05) is 36.9 Å². The minimum Gasteiger partial charge on any atom is -0.352 e. The predicted octanol–water partition coefficient (Wildman–Crippen LogP) is 1.71. The molecule has 0 radical (unpaired) electrons. The lowest BCUT2D eigenvalue weighted by Crippen LogP contribution is -2.46. The number of hydrogen-bond acceptors (Lipinski definition) is 4. The Morgan fingerprint density at radius 2 is 2.07 bits per heavy atom. The number of carbonyl (C=O) groups is 1. The minimum atomic E-state index is -0.294. The van der Waals surface area contributed by atoms with Crippen LogP contribution in [0.3, 0.4) is 0 Å². The number of carbonyl (C=O) groups excluding carboxylic acids is 1. The zero-order valence-corrected chi connectivity index (χ0v) is 17.7. The van der Waals surface area contributed by atoms with Gasteiger partial charge >= 0.3 is 0 Å². The molecule has 0 unspecified atom stereocenters. The smallest absolute Gasteiger partial charge is 0.263 e. The highest BCUT2D eigenvalue weighted by atomic mass is 35.5. The van der Waals surface area contributed by atoms with Crippen molar-refractivity contribution in [3.63, 3.8) is 0 Å². The molecule has 0 spiro atoms. The number of fused-ring (bicyclic) bond motifs is 4. The van der Waals surface area contributed by atoms with Crippen molar-refractivity contribution in [2.75, 3.05) is 19.6 Å². The van der Waals surface area contributed by atoms with E-state index >= 15 is 0 Å². The van der Waals surface area contributed by atoms with Crippen LogP contribution in [0.4, 0.5) is 0 Å². The number of aromatic nitrogens is 3. The van der Waals surface area contributed by atoms with Crippen molar-refractivity contribution >= 4 is 30.7 Å². The summed E-state index contributed by atoms with van der Waals surface area (Å²) in [4.78, 5) is 25.4. The molecule has 1 fully saturated rings. The maximum Gasteiger partial charge on any atom is 0.263 e. The van der Waals surface area contributed by atoms with Crippen LogP contribution in [0.1, 0.15) is 45.3 Å². The van der Waals surface area contributed by atoms with Crippen LogP contribution >= 0.6 is 24.8 Å². The molecule has 2 aliphatic heterocycles. The highest BCUT2D eigenvalue weighted by Gasteiger charge is 2.31. The fraction of sp³-hybridized carbons (Fsp3) is 0.526. The van der Waals surface area contributed by atoms with Crippen LogP contribution in [0.5, 0.6) is 0 Å². The summed E-state index contributed by atoms with van der Waals surface area (Å²) in [6, 6.07) is 3.64. The summed E-state index contributed by atoms with van der Waals surface area (Å²) in [5.74, 6) is 0.557. The van der Waals surface area contributed by atoms with Gasteiger partial charge in [-0.1, -0.05) is 0 Å². The standard InChI is InChI=1S/C19H25N5O2.2ClH/c1-11-15(12(2)23-22-11)5-6-21-18(25)16-3-4-17-14-7-13(8-20-9-14)10-24(17)19(16)26;;/h3-4,13-14,20H,5-10H2,1-2H3,(H,21,25)(H,22,23);2*1H/t13-,14+;;/m0../s1. The van der Waals surface area contributed by atoms with Crippen molar-refractivity contribution in [3.05, 3.63) is 50.7 Å². The number of aryl methyl sites for hydroxylation is 2. The maximum absolute atomic E-state index is 12.9. The van der Waals surface area contributed by atoms with Crippen LogP contribution in [0.25, 0.3) is 0 Å². The molecule has 2 aromatic rings. The molecular weight excluding hydrogens is 401 g/mol. The maximum atomic E-state index is 12.9. The lowest BCUT2D eigenvalue weighted by molar-refractivity contribution is 0.0951.